The number of nitrogens with one attached hydrogen (secondary N) is 2. The molecule has 1 unspecified atom stereocenters. The highest BCUT2D eigenvalue weighted by Crippen LogP contribution is 2.19. The van der Waals surface area contributed by atoms with E-state index in [1.165, 1.54) is 0 Å². The van der Waals surface area contributed by atoms with Crippen LogP contribution in [0.15, 0.2) is 21.2 Å². The zero-order valence-electron chi connectivity index (χ0n) is 9.96. The minimum absolute atomic E-state index is 0.00512. The van der Waals surface area contributed by atoms with Crippen LogP contribution in [0, 0.1) is 0 Å². The van der Waals surface area contributed by atoms with Crippen LogP contribution in [0.5, 0.6) is 0 Å². The minimum atomic E-state index is -0.0560. The lowest BCUT2D eigenvalue weighted by Gasteiger charge is -2.11. The van der Waals surface area contributed by atoms with Gasteiger partial charge < -0.3 is 14.5 Å². The maximum atomic E-state index is 11.4. The average molecular weight is 305 g/mol. The third-order valence-corrected chi connectivity index (χ3v) is 2.64. The molecule has 5 nitrogen and oxygen atoms in total. The fourth-order valence-electron chi connectivity index (χ4n) is 1.26. The quantitative estimate of drug-likeness (QED) is 0.749. The van der Waals surface area contributed by atoms with E-state index in [-0.39, 0.29) is 18.5 Å². The van der Waals surface area contributed by atoms with Gasteiger partial charge in [-0.2, -0.15) is 0 Å². The van der Waals surface area contributed by atoms with Gasteiger partial charge in [-0.25, -0.2) is 0 Å². The summed E-state index contributed by atoms with van der Waals surface area (Å²) in [5.74, 6) is 0.737. The van der Waals surface area contributed by atoms with Crippen molar-refractivity contribution in [2.75, 3.05) is 26.8 Å². The molecule has 0 aliphatic heterocycles. The van der Waals surface area contributed by atoms with E-state index >= 15 is 0 Å². The molecular formula is C11H17BrN2O3. The van der Waals surface area contributed by atoms with E-state index in [1.54, 1.807) is 7.11 Å². The smallest absolute Gasteiger partial charge is 0.234 e. The summed E-state index contributed by atoms with van der Waals surface area (Å²) in [5, 5.41) is 5.80. The molecule has 0 saturated heterocycles. The number of methoxy groups -OCH3 is 1. The SMILES string of the molecule is COCCNC(=O)CNC(C)c1ccc(Br)o1. The molecule has 17 heavy (non-hydrogen) atoms. The Labute approximate surface area is 109 Å². The standard InChI is InChI=1S/C11H17BrN2O3/c1-8(9-3-4-10(12)17-9)14-7-11(15)13-5-6-16-2/h3-4,8,14H,5-7H2,1-2H3,(H,13,15). The number of halogens is 1. The van der Waals surface area contributed by atoms with Gasteiger partial charge in [0.1, 0.15) is 5.76 Å². The fourth-order valence-corrected chi connectivity index (χ4v) is 1.58. The summed E-state index contributed by atoms with van der Waals surface area (Å²) in [6, 6.07) is 3.69. The molecule has 0 aromatic carbocycles. The van der Waals surface area contributed by atoms with Gasteiger partial charge in [-0.05, 0) is 35.0 Å². The predicted molar refractivity (Wildman–Crippen MR) is 67.7 cm³/mol. The van der Waals surface area contributed by atoms with Crippen molar-refractivity contribution >= 4 is 21.8 Å². The number of carbonyl (C=O) groups excluding carboxylic acids is 1. The van der Waals surface area contributed by atoms with Gasteiger partial charge in [0.2, 0.25) is 5.91 Å². The van der Waals surface area contributed by atoms with Crippen molar-refractivity contribution in [3.05, 3.63) is 22.6 Å². The van der Waals surface area contributed by atoms with Crippen LogP contribution in [-0.4, -0.2) is 32.7 Å². The molecular weight excluding hydrogens is 288 g/mol. The molecule has 1 aromatic rings. The molecule has 0 radical (unpaired) electrons. The van der Waals surface area contributed by atoms with Crippen molar-refractivity contribution in [3.63, 3.8) is 0 Å². The molecule has 96 valence electrons. The first kappa shape index (κ1) is 14.2. The summed E-state index contributed by atoms with van der Waals surface area (Å²) >= 11 is 3.23. The van der Waals surface area contributed by atoms with E-state index in [4.69, 9.17) is 9.15 Å². The van der Waals surface area contributed by atoms with Crippen molar-refractivity contribution < 1.29 is 13.9 Å². The topological polar surface area (TPSA) is 63.5 Å². The monoisotopic (exact) mass is 304 g/mol. The molecule has 1 amide bonds. The molecule has 0 saturated carbocycles. The van der Waals surface area contributed by atoms with Gasteiger partial charge in [0.05, 0.1) is 19.2 Å². The summed E-state index contributed by atoms with van der Waals surface area (Å²) in [4.78, 5) is 11.4. The lowest BCUT2D eigenvalue weighted by Crippen LogP contribution is -2.36. The molecule has 0 bridgehead atoms. The number of amides is 1. The van der Waals surface area contributed by atoms with E-state index in [9.17, 15) is 4.79 Å². The first-order chi connectivity index (χ1) is 8.13. The Kier molecular flexibility index (Phi) is 6.25. The van der Waals surface area contributed by atoms with Crippen LogP contribution in [0.2, 0.25) is 0 Å². The van der Waals surface area contributed by atoms with Crippen LogP contribution >= 0.6 is 15.9 Å². The predicted octanol–water partition coefficient (Wildman–Crippen LogP) is 1.46. The number of hydrogen-bond acceptors (Lipinski definition) is 4. The van der Waals surface area contributed by atoms with Crippen molar-refractivity contribution in [1.82, 2.24) is 10.6 Å². The number of rotatable bonds is 7. The molecule has 0 aliphatic carbocycles. The maximum absolute atomic E-state index is 11.4. The second-order valence-electron chi connectivity index (χ2n) is 3.59. The molecule has 0 spiro atoms. The molecule has 1 rings (SSSR count). The van der Waals surface area contributed by atoms with Crippen LogP contribution in [0.1, 0.15) is 18.7 Å². The largest absolute Gasteiger partial charge is 0.453 e. The third-order valence-electron chi connectivity index (χ3n) is 2.22. The Balaban J connectivity index is 2.23. The molecule has 1 heterocycles. The summed E-state index contributed by atoms with van der Waals surface area (Å²) < 4.78 is 10.9. The van der Waals surface area contributed by atoms with Crippen LogP contribution in [0.4, 0.5) is 0 Å². The fraction of sp³-hybridized carbons (Fsp3) is 0.545. The Hall–Kier alpha value is -0.850. The van der Waals surface area contributed by atoms with E-state index < -0.39 is 0 Å². The Bertz CT molecular complexity index is 354. The van der Waals surface area contributed by atoms with E-state index in [1.807, 2.05) is 19.1 Å². The molecule has 2 N–H and O–H groups in total. The summed E-state index contributed by atoms with van der Waals surface area (Å²) in [7, 11) is 1.60. The van der Waals surface area contributed by atoms with Crippen molar-refractivity contribution in [1.29, 1.82) is 0 Å². The lowest BCUT2D eigenvalue weighted by molar-refractivity contribution is -0.120. The van der Waals surface area contributed by atoms with Gasteiger partial charge in [-0.3, -0.25) is 10.1 Å². The van der Waals surface area contributed by atoms with Crippen LogP contribution in [0.3, 0.4) is 0 Å². The van der Waals surface area contributed by atoms with E-state index in [2.05, 4.69) is 26.6 Å². The zero-order valence-corrected chi connectivity index (χ0v) is 11.5. The molecule has 1 atom stereocenters. The van der Waals surface area contributed by atoms with Crippen LogP contribution < -0.4 is 10.6 Å². The highest BCUT2D eigenvalue weighted by Gasteiger charge is 2.10. The maximum Gasteiger partial charge on any atom is 0.234 e. The summed E-state index contributed by atoms with van der Waals surface area (Å²) in [6.45, 7) is 3.24. The molecule has 0 fully saturated rings. The van der Waals surface area contributed by atoms with Crippen LogP contribution in [-0.2, 0) is 9.53 Å². The van der Waals surface area contributed by atoms with Gasteiger partial charge in [-0.1, -0.05) is 0 Å². The lowest BCUT2D eigenvalue weighted by atomic mass is 10.2. The number of ether oxygens (including phenoxy) is 1. The zero-order chi connectivity index (χ0) is 12.7. The number of hydrogen-bond donors (Lipinski definition) is 2. The summed E-state index contributed by atoms with van der Waals surface area (Å²) in [6.07, 6.45) is 0. The van der Waals surface area contributed by atoms with Gasteiger partial charge >= 0.3 is 0 Å². The Morgan fingerprint density at radius 3 is 2.94 bits per heavy atom. The molecule has 6 heteroatoms. The second kappa shape index (κ2) is 7.47. The highest BCUT2D eigenvalue weighted by molar-refractivity contribution is 9.10. The number of carbonyl (C=O) groups is 1. The Morgan fingerprint density at radius 2 is 2.35 bits per heavy atom. The second-order valence-corrected chi connectivity index (χ2v) is 4.37. The van der Waals surface area contributed by atoms with Gasteiger partial charge in [0.15, 0.2) is 4.67 Å². The first-order valence-corrected chi connectivity index (χ1v) is 6.17. The van der Waals surface area contributed by atoms with Crippen molar-refractivity contribution in [3.8, 4) is 0 Å². The van der Waals surface area contributed by atoms with E-state index in [0.717, 1.165) is 5.76 Å². The van der Waals surface area contributed by atoms with Gasteiger partial charge in [-0.15, -0.1) is 0 Å². The van der Waals surface area contributed by atoms with Crippen LogP contribution in [0.25, 0.3) is 0 Å². The van der Waals surface area contributed by atoms with Crippen molar-refractivity contribution in [2.24, 2.45) is 0 Å². The first-order valence-electron chi connectivity index (χ1n) is 5.37. The van der Waals surface area contributed by atoms with Crippen molar-refractivity contribution in [2.45, 2.75) is 13.0 Å². The summed E-state index contributed by atoms with van der Waals surface area (Å²) in [5.41, 5.74) is 0. The molecule has 1 aromatic heterocycles. The molecule has 0 aliphatic rings. The Morgan fingerprint density at radius 1 is 1.59 bits per heavy atom. The van der Waals surface area contributed by atoms with Gasteiger partial charge in [0, 0.05) is 13.7 Å². The minimum Gasteiger partial charge on any atom is -0.453 e. The highest BCUT2D eigenvalue weighted by atomic mass is 79.9. The number of furan rings is 1. The van der Waals surface area contributed by atoms with Gasteiger partial charge in [0.25, 0.3) is 0 Å². The van der Waals surface area contributed by atoms with E-state index in [0.29, 0.717) is 17.8 Å². The average Bonchev–Trinajstić information content (AvgIpc) is 2.73. The normalized spacial score (nSPS) is 12.4. The third kappa shape index (κ3) is 5.34.